The summed E-state index contributed by atoms with van der Waals surface area (Å²) in [5.41, 5.74) is 5.52. The molecule has 0 aliphatic carbocycles. The summed E-state index contributed by atoms with van der Waals surface area (Å²) in [6.45, 7) is 4.80. The summed E-state index contributed by atoms with van der Waals surface area (Å²) in [6, 6.07) is 9.67. The lowest BCUT2D eigenvalue weighted by molar-refractivity contribution is -0.124. The van der Waals surface area contributed by atoms with Gasteiger partial charge in [0, 0.05) is 18.0 Å². The van der Waals surface area contributed by atoms with E-state index >= 15 is 0 Å². The third kappa shape index (κ3) is 3.49. The summed E-state index contributed by atoms with van der Waals surface area (Å²) >= 11 is 0. The van der Waals surface area contributed by atoms with Gasteiger partial charge in [0.1, 0.15) is 11.3 Å². The number of nitrogens with zero attached hydrogens (tertiary/aromatic N) is 1. The first-order chi connectivity index (χ1) is 10.1. The molecule has 2 rings (SSSR count). The minimum absolute atomic E-state index is 0.371. The number of primary amides is 1. The van der Waals surface area contributed by atoms with Crippen LogP contribution in [0.2, 0.25) is 0 Å². The maximum Gasteiger partial charge on any atom is 0.237 e. The zero-order valence-corrected chi connectivity index (χ0v) is 12.4. The predicted molar refractivity (Wildman–Crippen MR) is 83.1 cm³/mol. The van der Waals surface area contributed by atoms with Gasteiger partial charge >= 0.3 is 0 Å². The highest BCUT2D eigenvalue weighted by Gasteiger charge is 2.29. The molecule has 2 aromatic rings. The summed E-state index contributed by atoms with van der Waals surface area (Å²) in [4.78, 5) is 15.9. The minimum Gasteiger partial charge on any atom is -0.491 e. The van der Waals surface area contributed by atoms with Crippen LogP contribution in [0, 0.1) is 0 Å². The molecule has 1 heterocycles. The topological polar surface area (TPSA) is 77.2 Å². The van der Waals surface area contributed by atoms with Crippen LogP contribution < -0.4 is 15.8 Å². The molecule has 0 radical (unpaired) electrons. The highest BCUT2D eigenvalue weighted by molar-refractivity contribution is 5.85. The monoisotopic (exact) mass is 287 g/mol. The largest absolute Gasteiger partial charge is 0.491 e. The third-order valence-corrected chi connectivity index (χ3v) is 3.57. The first-order valence-electron chi connectivity index (χ1n) is 7.08. The van der Waals surface area contributed by atoms with Gasteiger partial charge in [-0.3, -0.25) is 9.78 Å². The van der Waals surface area contributed by atoms with Crippen LogP contribution in [0.5, 0.6) is 5.75 Å². The standard InChI is InChI=1S/C16H21N3O2/c1-3-19-16(2,15(17)20)9-11-21-13-8-4-6-12-7-5-10-18-14(12)13/h4-8,10,19H,3,9,11H2,1-2H3,(H2,17,20). The second kappa shape index (κ2) is 6.54. The minimum atomic E-state index is -0.757. The van der Waals surface area contributed by atoms with Gasteiger partial charge in [0.2, 0.25) is 5.91 Å². The summed E-state index contributed by atoms with van der Waals surface area (Å²) in [5, 5.41) is 4.14. The molecule has 0 aliphatic rings. The van der Waals surface area contributed by atoms with Gasteiger partial charge < -0.3 is 15.8 Å². The van der Waals surface area contributed by atoms with Gasteiger partial charge in [0.05, 0.1) is 12.1 Å². The van der Waals surface area contributed by atoms with Gasteiger partial charge in [-0.1, -0.05) is 25.1 Å². The van der Waals surface area contributed by atoms with Crippen molar-refractivity contribution in [2.75, 3.05) is 13.2 Å². The maximum atomic E-state index is 11.6. The number of ether oxygens (including phenoxy) is 1. The average molecular weight is 287 g/mol. The number of benzene rings is 1. The van der Waals surface area contributed by atoms with Crippen molar-refractivity contribution in [2.24, 2.45) is 5.73 Å². The molecule has 21 heavy (non-hydrogen) atoms. The van der Waals surface area contributed by atoms with Gasteiger partial charge in [0.15, 0.2) is 0 Å². The van der Waals surface area contributed by atoms with Crippen LogP contribution >= 0.6 is 0 Å². The Hall–Kier alpha value is -2.14. The van der Waals surface area contributed by atoms with Crippen molar-refractivity contribution in [2.45, 2.75) is 25.8 Å². The number of hydrogen-bond acceptors (Lipinski definition) is 4. The number of nitrogens with two attached hydrogens (primary N) is 1. The lowest BCUT2D eigenvalue weighted by Gasteiger charge is -2.26. The molecule has 0 saturated heterocycles. The maximum absolute atomic E-state index is 11.6. The quantitative estimate of drug-likeness (QED) is 0.815. The van der Waals surface area contributed by atoms with Crippen LogP contribution in [0.25, 0.3) is 10.9 Å². The predicted octanol–water partition coefficient (Wildman–Crippen LogP) is 1.86. The van der Waals surface area contributed by atoms with Crippen LogP contribution in [-0.4, -0.2) is 29.6 Å². The van der Waals surface area contributed by atoms with E-state index in [1.165, 1.54) is 0 Å². The van der Waals surface area contributed by atoms with Gasteiger partial charge in [-0.05, 0) is 25.6 Å². The molecule has 3 N–H and O–H groups in total. The van der Waals surface area contributed by atoms with E-state index in [0.717, 1.165) is 16.7 Å². The fourth-order valence-electron chi connectivity index (χ4n) is 2.25. The number of carbonyl (C=O) groups excluding carboxylic acids is 1. The normalized spacial score (nSPS) is 13.8. The number of nitrogens with one attached hydrogen (secondary N) is 1. The Morgan fingerprint density at radius 3 is 2.86 bits per heavy atom. The number of fused-ring (bicyclic) bond motifs is 1. The number of carbonyl (C=O) groups is 1. The Kier molecular flexibility index (Phi) is 4.75. The van der Waals surface area contributed by atoms with Crippen molar-refractivity contribution >= 4 is 16.8 Å². The summed E-state index contributed by atoms with van der Waals surface area (Å²) in [6.07, 6.45) is 2.24. The lowest BCUT2D eigenvalue weighted by Crippen LogP contribution is -2.53. The van der Waals surface area contributed by atoms with Crippen molar-refractivity contribution in [3.63, 3.8) is 0 Å². The van der Waals surface area contributed by atoms with Gasteiger partial charge in [-0.15, -0.1) is 0 Å². The molecule has 1 aromatic heterocycles. The molecular formula is C16H21N3O2. The lowest BCUT2D eigenvalue weighted by atomic mass is 9.97. The second-order valence-corrected chi connectivity index (χ2v) is 5.16. The van der Waals surface area contributed by atoms with E-state index in [9.17, 15) is 4.79 Å². The van der Waals surface area contributed by atoms with Crippen molar-refractivity contribution in [3.8, 4) is 5.75 Å². The van der Waals surface area contributed by atoms with Crippen LogP contribution in [-0.2, 0) is 4.79 Å². The Morgan fingerprint density at radius 2 is 2.14 bits per heavy atom. The van der Waals surface area contributed by atoms with E-state index in [4.69, 9.17) is 10.5 Å². The van der Waals surface area contributed by atoms with Crippen LogP contribution in [0.3, 0.4) is 0 Å². The Bertz CT molecular complexity index is 624. The fraction of sp³-hybridized carbons (Fsp3) is 0.375. The zero-order valence-electron chi connectivity index (χ0n) is 12.4. The number of rotatable bonds is 7. The number of para-hydroxylation sites is 1. The number of hydrogen-bond donors (Lipinski definition) is 2. The SMILES string of the molecule is CCNC(C)(CCOc1cccc2cccnc12)C(N)=O. The Labute approximate surface area is 124 Å². The van der Waals surface area contributed by atoms with Gasteiger partial charge in [-0.25, -0.2) is 0 Å². The number of pyridine rings is 1. The van der Waals surface area contributed by atoms with E-state index in [0.29, 0.717) is 19.6 Å². The molecule has 5 nitrogen and oxygen atoms in total. The molecular weight excluding hydrogens is 266 g/mol. The first kappa shape index (κ1) is 15.3. The van der Waals surface area contributed by atoms with Crippen molar-refractivity contribution in [1.29, 1.82) is 0 Å². The molecule has 0 aliphatic heterocycles. The average Bonchev–Trinajstić information content (AvgIpc) is 2.47. The molecule has 1 aromatic carbocycles. The second-order valence-electron chi connectivity index (χ2n) is 5.16. The molecule has 1 unspecified atom stereocenters. The molecule has 1 atom stereocenters. The van der Waals surface area contributed by atoms with Crippen LogP contribution in [0.4, 0.5) is 0 Å². The molecule has 1 amide bonds. The van der Waals surface area contributed by atoms with E-state index < -0.39 is 5.54 Å². The summed E-state index contributed by atoms with van der Waals surface area (Å²) < 4.78 is 5.80. The first-order valence-corrected chi connectivity index (χ1v) is 7.08. The number of likely N-dealkylation sites (N-methyl/N-ethyl adjacent to an activating group) is 1. The fourth-order valence-corrected chi connectivity index (χ4v) is 2.25. The zero-order chi connectivity index (χ0) is 15.3. The summed E-state index contributed by atoms with van der Waals surface area (Å²) in [5.74, 6) is 0.348. The molecule has 0 fully saturated rings. The van der Waals surface area contributed by atoms with E-state index in [-0.39, 0.29) is 5.91 Å². The Morgan fingerprint density at radius 1 is 1.38 bits per heavy atom. The van der Waals surface area contributed by atoms with Gasteiger partial charge in [0.25, 0.3) is 0 Å². The highest BCUT2D eigenvalue weighted by atomic mass is 16.5. The van der Waals surface area contributed by atoms with Crippen molar-refractivity contribution < 1.29 is 9.53 Å². The van der Waals surface area contributed by atoms with Crippen molar-refractivity contribution in [3.05, 3.63) is 36.5 Å². The van der Waals surface area contributed by atoms with Crippen LogP contribution in [0.1, 0.15) is 20.3 Å². The van der Waals surface area contributed by atoms with Crippen LogP contribution in [0.15, 0.2) is 36.5 Å². The smallest absolute Gasteiger partial charge is 0.237 e. The van der Waals surface area contributed by atoms with E-state index in [1.807, 2.05) is 37.3 Å². The van der Waals surface area contributed by atoms with Gasteiger partial charge in [-0.2, -0.15) is 0 Å². The van der Waals surface area contributed by atoms with E-state index in [1.54, 1.807) is 13.1 Å². The third-order valence-electron chi connectivity index (χ3n) is 3.57. The number of aromatic nitrogens is 1. The number of amides is 1. The Balaban J connectivity index is 2.07. The molecule has 5 heteroatoms. The summed E-state index contributed by atoms with van der Waals surface area (Å²) in [7, 11) is 0. The molecule has 0 bridgehead atoms. The van der Waals surface area contributed by atoms with E-state index in [2.05, 4.69) is 10.3 Å². The highest BCUT2D eigenvalue weighted by Crippen LogP contribution is 2.23. The molecule has 112 valence electrons. The molecule has 0 spiro atoms. The molecule has 0 saturated carbocycles. The van der Waals surface area contributed by atoms with Crippen molar-refractivity contribution in [1.82, 2.24) is 10.3 Å².